The molecule has 1 aromatic heterocycles. The van der Waals surface area contributed by atoms with E-state index in [-0.39, 0.29) is 16.1 Å². The minimum absolute atomic E-state index is 0.112. The predicted molar refractivity (Wildman–Crippen MR) is 164 cm³/mol. The fourth-order valence-corrected chi connectivity index (χ4v) is 7.19. The van der Waals surface area contributed by atoms with Crippen LogP contribution < -0.4 is 19.8 Å². The molecule has 1 fully saturated rings. The quantitative estimate of drug-likeness (QED) is 0.274. The normalized spacial score (nSPS) is 14.5. The molecular formula is C29H39BrN4O6S. The minimum atomic E-state index is -3.81. The van der Waals surface area contributed by atoms with Crippen LogP contribution in [0.4, 0.5) is 0 Å². The van der Waals surface area contributed by atoms with Crippen molar-refractivity contribution in [3.8, 4) is 28.6 Å². The molecule has 0 radical (unpaired) electrons. The van der Waals surface area contributed by atoms with Crippen molar-refractivity contribution in [3.05, 3.63) is 39.1 Å². The number of fused-ring (bicyclic) bond motifs is 1. The SMILES string of the molecule is CCCOc1ccc(S(=O)(=O)N(CC)CCCN2CCCCC2)cc1-c1nc2c(Br)c(OC)cc(OC)c2c(=O)[nH]1. The molecule has 0 atom stereocenters. The lowest BCUT2D eigenvalue weighted by Gasteiger charge is -2.27. The number of nitrogens with zero attached hydrogens (tertiary/aromatic N) is 3. The van der Waals surface area contributed by atoms with E-state index < -0.39 is 15.6 Å². The molecule has 1 aliphatic heterocycles. The number of aromatic nitrogens is 2. The number of halogens is 1. The van der Waals surface area contributed by atoms with Gasteiger partial charge in [-0.3, -0.25) is 4.79 Å². The molecule has 41 heavy (non-hydrogen) atoms. The molecule has 1 N–H and O–H groups in total. The number of hydrogen-bond donors (Lipinski definition) is 1. The lowest BCUT2D eigenvalue weighted by Crippen LogP contribution is -2.36. The predicted octanol–water partition coefficient (Wildman–Crippen LogP) is 5.05. The summed E-state index contributed by atoms with van der Waals surface area (Å²) in [5.41, 5.74) is 0.256. The first-order valence-electron chi connectivity index (χ1n) is 14.1. The first-order valence-corrected chi connectivity index (χ1v) is 16.3. The van der Waals surface area contributed by atoms with Gasteiger partial charge in [-0.2, -0.15) is 4.31 Å². The molecule has 0 aliphatic carbocycles. The molecule has 0 bridgehead atoms. The molecule has 0 amide bonds. The van der Waals surface area contributed by atoms with E-state index in [0.29, 0.717) is 52.5 Å². The van der Waals surface area contributed by atoms with Crippen molar-refractivity contribution >= 4 is 36.9 Å². The van der Waals surface area contributed by atoms with Crippen LogP contribution in [0.15, 0.2) is 38.4 Å². The molecule has 1 aliphatic rings. The highest BCUT2D eigenvalue weighted by Gasteiger charge is 2.26. The van der Waals surface area contributed by atoms with Crippen molar-refractivity contribution in [1.29, 1.82) is 0 Å². The summed E-state index contributed by atoms with van der Waals surface area (Å²) in [7, 11) is -0.839. The number of benzene rings is 2. The molecule has 0 spiro atoms. The third-order valence-electron chi connectivity index (χ3n) is 7.28. The van der Waals surface area contributed by atoms with Crippen LogP contribution in [-0.4, -0.2) is 81.1 Å². The zero-order valence-electron chi connectivity index (χ0n) is 24.2. The molecule has 0 saturated carbocycles. The number of hydrogen-bond acceptors (Lipinski definition) is 8. The Morgan fingerprint density at radius 3 is 2.44 bits per heavy atom. The zero-order chi connectivity index (χ0) is 29.6. The van der Waals surface area contributed by atoms with Crippen LogP contribution in [0.1, 0.15) is 46.0 Å². The van der Waals surface area contributed by atoms with E-state index in [1.807, 2.05) is 13.8 Å². The number of ether oxygens (including phenoxy) is 3. The third-order valence-corrected chi connectivity index (χ3v) is 10.0. The Labute approximate surface area is 250 Å². The number of aromatic amines is 1. The fraction of sp³-hybridized carbons (Fsp3) is 0.517. The van der Waals surface area contributed by atoms with Gasteiger partial charge in [0.1, 0.15) is 28.5 Å². The third kappa shape index (κ3) is 6.87. The summed E-state index contributed by atoms with van der Waals surface area (Å²) in [5, 5.41) is 0.245. The molecule has 0 unspecified atom stereocenters. The molecule has 224 valence electrons. The minimum Gasteiger partial charge on any atom is -0.496 e. The van der Waals surface area contributed by atoms with Crippen molar-refractivity contribution in [1.82, 2.24) is 19.2 Å². The second-order valence-electron chi connectivity index (χ2n) is 9.99. The average Bonchev–Trinajstić information content (AvgIpc) is 2.98. The highest BCUT2D eigenvalue weighted by molar-refractivity contribution is 9.10. The second-order valence-corrected chi connectivity index (χ2v) is 12.7. The smallest absolute Gasteiger partial charge is 0.262 e. The van der Waals surface area contributed by atoms with Gasteiger partial charge in [-0.1, -0.05) is 20.3 Å². The summed E-state index contributed by atoms with van der Waals surface area (Å²) in [6, 6.07) is 6.32. The van der Waals surface area contributed by atoms with E-state index in [9.17, 15) is 13.2 Å². The Bertz CT molecular complexity index is 1520. The van der Waals surface area contributed by atoms with Gasteiger partial charge in [0.2, 0.25) is 10.0 Å². The Morgan fingerprint density at radius 2 is 1.78 bits per heavy atom. The van der Waals surface area contributed by atoms with Crippen molar-refractivity contribution in [3.63, 3.8) is 0 Å². The highest BCUT2D eigenvalue weighted by atomic mass is 79.9. The number of H-pyrrole nitrogens is 1. The summed E-state index contributed by atoms with van der Waals surface area (Å²) in [4.78, 5) is 23.4. The molecular weight excluding hydrogens is 612 g/mol. The summed E-state index contributed by atoms with van der Waals surface area (Å²) >= 11 is 3.50. The highest BCUT2D eigenvalue weighted by Crippen LogP contribution is 2.38. The van der Waals surface area contributed by atoms with E-state index >= 15 is 0 Å². The first kappa shape index (κ1) is 31.3. The maximum absolute atomic E-state index is 13.8. The molecule has 10 nitrogen and oxygen atoms in total. The molecule has 2 aromatic carbocycles. The molecule has 4 rings (SSSR count). The van der Waals surface area contributed by atoms with Crippen LogP contribution in [0.5, 0.6) is 17.2 Å². The molecule has 2 heterocycles. The average molecular weight is 652 g/mol. The van der Waals surface area contributed by atoms with Crippen LogP contribution in [0.3, 0.4) is 0 Å². The topological polar surface area (TPSA) is 114 Å². The van der Waals surface area contributed by atoms with Gasteiger partial charge >= 0.3 is 0 Å². The largest absolute Gasteiger partial charge is 0.496 e. The Morgan fingerprint density at radius 1 is 1.05 bits per heavy atom. The van der Waals surface area contributed by atoms with Crippen LogP contribution in [-0.2, 0) is 10.0 Å². The van der Waals surface area contributed by atoms with Crippen molar-refractivity contribution < 1.29 is 22.6 Å². The van der Waals surface area contributed by atoms with Crippen LogP contribution in [0, 0.1) is 0 Å². The van der Waals surface area contributed by atoms with Crippen LogP contribution >= 0.6 is 15.9 Å². The van der Waals surface area contributed by atoms with Gasteiger partial charge in [0.25, 0.3) is 5.56 Å². The van der Waals surface area contributed by atoms with Gasteiger partial charge in [0, 0.05) is 19.2 Å². The monoisotopic (exact) mass is 650 g/mol. The maximum Gasteiger partial charge on any atom is 0.262 e. The Balaban J connectivity index is 1.75. The fourth-order valence-electron chi connectivity index (χ4n) is 5.11. The lowest BCUT2D eigenvalue weighted by atomic mass is 10.1. The van der Waals surface area contributed by atoms with Crippen molar-refractivity contribution in [2.24, 2.45) is 0 Å². The molecule has 1 saturated heterocycles. The van der Waals surface area contributed by atoms with Gasteiger partial charge in [0.15, 0.2) is 0 Å². The Hall–Kier alpha value is -2.67. The van der Waals surface area contributed by atoms with Crippen LogP contribution in [0.2, 0.25) is 0 Å². The number of rotatable bonds is 13. The number of likely N-dealkylation sites (tertiary alicyclic amines) is 1. The molecule has 12 heteroatoms. The second kappa shape index (κ2) is 14.0. The van der Waals surface area contributed by atoms with E-state index in [0.717, 1.165) is 32.5 Å². The van der Waals surface area contributed by atoms with E-state index in [2.05, 4.69) is 25.8 Å². The first-order chi connectivity index (χ1) is 19.7. The Kier molecular flexibility index (Phi) is 10.7. The summed E-state index contributed by atoms with van der Waals surface area (Å²) in [6.45, 7) is 8.05. The van der Waals surface area contributed by atoms with Gasteiger partial charge in [-0.25, -0.2) is 13.4 Å². The standard InChI is InChI=1S/C29H39BrN4O6S/c1-5-17-40-22-12-11-20(41(36,37)34(6-2)16-10-15-33-13-8-7-9-14-33)18-21(22)28-31-27-25(29(35)32-28)23(38-3)19-24(39-4)26(27)30/h11-12,18-19H,5-10,13-17H2,1-4H3,(H,31,32,35). The van der Waals surface area contributed by atoms with E-state index in [1.54, 1.807) is 18.2 Å². The van der Waals surface area contributed by atoms with E-state index in [1.165, 1.54) is 43.9 Å². The van der Waals surface area contributed by atoms with E-state index in [4.69, 9.17) is 19.2 Å². The number of methoxy groups -OCH3 is 2. The van der Waals surface area contributed by atoms with Gasteiger partial charge < -0.3 is 24.1 Å². The van der Waals surface area contributed by atoms with Gasteiger partial charge in [0.05, 0.1) is 41.3 Å². The lowest BCUT2D eigenvalue weighted by molar-refractivity contribution is 0.220. The zero-order valence-corrected chi connectivity index (χ0v) is 26.6. The van der Waals surface area contributed by atoms with Gasteiger partial charge in [-0.15, -0.1) is 0 Å². The van der Waals surface area contributed by atoms with Crippen molar-refractivity contribution in [2.45, 2.75) is 50.8 Å². The number of nitrogens with one attached hydrogen (secondary N) is 1. The maximum atomic E-state index is 13.8. The summed E-state index contributed by atoms with van der Waals surface area (Å²) in [5.74, 6) is 1.35. The van der Waals surface area contributed by atoms with Gasteiger partial charge in [-0.05, 0) is 79.4 Å². The summed E-state index contributed by atoms with van der Waals surface area (Å²) in [6.07, 6.45) is 5.18. The van der Waals surface area contributed by atoms with Crippen LogP contribution in [0.25, 0.3) is 22.3 Å². The summed E-state index contributed by atoms with van der Waals surface area (Å²) < 4.78 is 46.4. The molecule has 3 aromatic rings. The van der Waals surface area contributed by atoms with Crippen molar-refractivity contribution in [2.75, 3.05) is 53.6 Å². The number of sulfonamides is 1. The number of piperidine rings is 1.